The number of hydrogen-bond donors (Lipinski definition) is 1. The minimum atomic E-state index is -0.323. The number of halogens is 1. The number of aryl methyl sites for hydroxylation is 1. The summed E-state index contributed by atoms with van der Waals surface area (Å²) in [4.78, 5) is 10.4. The van der Waals surface area contributed by atoms with Crippen LogP contribution in [0.25, 0.3) is 0 Å². The molecule has 11 heavy (non-hydrogen) atoms. The lowest BCUT2D eigenvalue weighted by Gasteiger charge is -1.86. The number of carbonyl (C=O) groups is 1. The molecule has 0 aliphatic rings. The molecule has 0 spiro atoms. The van der Waals surface area contributed by atoms with E-state index in [9.17, 15) is 4.79 Å². The van der Waals surface area contributed by atoms with E-state index in [4.69, 9.17) is 5.73 Å². The van der Waals surface area contributed by atoms with Crippen LogP contribution in [0, 0.1) is 0 Å². The molecule has 4 nitrogen and oxygen atoms in total. The molecule has 1 amide bonds. The van der Waals surface area contributed by atoms with E-state index in [0.29, 0.717) is 0 Å². The fourth-order valence-corrected chi connectivity index (χ4v) is 0.775. The molecule has 1 rings (SSSR count). The monoisotopic (exact) mass is 175 g/mol. The van der Waals surface area contributed by atoms with Crippen molar-refractivity contribution in [2.45, 2.75) is 6.54 Å². The van der Waals surface area contributed by atoms with Crippen LogP contribution in [0.15, 0.2) is 18.7 Å². The van der Waals surface area contributed by atoms with Gasteiger partial charge in [0.2, 0.25) is 6.33 Å². The summed E-state index contributed by atoms with van der Waals surface area (Å²) in [6.07, 6.45) is 5.44. The molecular formula is C6H10ClN3O. The second-order valence-corrected chi connectivity index (χ2v) is 2.22. The Bertz CT molecular complexity index is 246. The second kappa shape index (κ2) is 3.98. The maximum absolute atomic E-state index is 10.4. The second-order valence-electron chi connectivity index (χ2n) is 2.22. The first-order chi connectivity index (χ1) is 4.68. The Morgan fingerprint density at radius 2 is 2.36 bits per heavy atom. The van der Waals surface area contributed by atoms with E-state index >= 15 is 0 Å². The Kier molecular flexibility index (Phi) is 3.60. The average molecular weight is 176 g/mol. The highest BCUT2D eigenvalue weighted by atomic mass is 35.5. The van der Waals surface area contributed by atoms with E-state index in [0.717, 1.165) is 0 Å². The Morgan fingerprint density at radius 1 is 1.73 bits per heavy atom. The van der Waals surface area contributed by atoms with Gasteiger partial charge in [0, 0.05) is 0 Å². The number of primary amides is 1. The van der Waals surface area contributed by atoms with Crippen molar-refractivity contribution in [2.24, 2.45) is 12.8 Å². The third kappa shape index (κ3) is 3.04. The molecule has 62 valence electrons. The minimum Gasteiger partial charge on any atom is -1.00 e. The highest BCUT2D eigenvalue weighted by molar-refractivity contribution is 5.73. The summed E-state index contributed by atoms with van der Waals surface area (Å²) in [6.45, 7) is 0.251. The summed E-state index contributed by atoms with van der Waals surface area (Å²) in [5.41, 5.74) is 4.96. The van der Waals surface area contributed by atoms with Gasteiger partial charge in [-0.1, -0.05) is 0 Å². The zero-order chi connectivity index (χ0) is 7.56. The van der Waals surface area contributed by atoms with Gasteiger partial charge in [0.05, 0.1) is 7.05 Å². The van der Waals surface area contributed by atoms with E-state index < -0.39 is 0 Å². The van der Waals surface area contributed by atoms with Crippen LogP contribution < -0.4 is 22.7 Å². The van der Waals surface area contributed by atoms with Crippen LogP contribution in [0.3, 0.4) is 0 Å². The molecule has 0 unspecified atom stereocenters. The smallest absolute Gasteiger partial charge is 0.259 e. The van der Waals surface area contributed by atoms with Gasteiger partial charge < -0.3 is 18.1 Å². The lowest BCUT2D eigenvalue weighted by atomic mass is 10.6. The molecule has 0 bridgehead atoms. The van der Waals surface area contributed by atoms with Crippen molar-refractivity contribution >= 4 is 5.91 Å². The molecule has 0 fully saturated rings. The van der Waals surface area contributed by atoms with Gasteiger partial charge in [-0.3, -0.25) is 4.79 Å². The van der Waals surface area contributed by atoms with Crippen molar-refractivity contribution in [1.82, 2.24) is 4.57 Å². The van der Waals surface area contributed by atoms with E-state index in [1.54, 1.807) is 17.1 Å². The lowest BCUT2D eigenvalue weighted by molar-refractivity contribution is -0.671. The Balaban J connectivity index is 0.000001000. The maximum Gasteiger partial charge on any atom is 0.259 e. The molecule has 0 saturated heterocycles. The van der Waals surface area contributed by atoms with E-state index in [-0.39, 0.29) is 24.9 Å². The minimum absolute atomic E-state index is 0. The first kappa shape index (κ1) is 9.97. The Labute approximate surface area is 71.0 Å². The molecule has 2 N–H and O–H groups in total. The summed E-state index contributed by atoms with van der Waals surface area (Å²) in [6, 6.07) is 0. The molecule has 0 atom stereocenters. The number of hydrogen-bond acceptors (Lipinski definition) is 1. The quantitative estimate of drug-likeness (QED) is 0.456. The van der Waals surface area contributed by atoms with Crippen LogP contribution in [0.1, 0.15) is 0 Å². The number of nitrogens with two attached hydrogens (primary N) is 1. The zero-order valence-corrected chi connectivity index (χ0v) is 6.95. The summed E-state index contributed by atoms with van der Waals surface area (Å²) >= 11 is 0. The van der Waals surface area contributed by atoms with Crippen LogP contribution >= 0.6 is 0 Å². The van der Waals surface area contributed by atoms with Gasteiger partial charge in [-0.2, -0.15) is 0 Å². The predicted octanol–water partition coefficient (Wildman–Crippen LogP) is -4.20. The first-order valence-corrected chi connectivity index (χ1v) is 2.98. The van der Waals surface area contributed by atoms with Crippen LogP contribution in [-0.2, 0) is 18.4 Å². The van der Waals surface area contributed by atoms with E-state index in [1.807, 2.05) is 17.8 Å². The number of amides is 1. The van der Waals surface area contributed by atoms with Gasteiger partial charge in [-0.25, -0.2) is 9.13 Å². The van der Waals surface area contributed by atoms with Gasteiger partial charge in [-0.05, 0) is 0 Å². The summed E-state index contributed by atoms with van der Waals surface area (Å²) in [7, 11) is 1.89. The molecule has 1 aromatic rings. The van der Waals surface area contributed by atoms with Crippen LogP contribution in [-0.4, -0.2) is 10.5 Å². The number of aromatic nitrogens is 2. The SMILES string of the molecule is C[n+]1ccn(CC(N)=O)c1.[Cl-]. The first-order valence-electron chi connectivity index (χ1n) is 2.98. The van der Waals surface area contributed by atoms with Crippen molar-refractivity contribution in [1.29, 1.82) is 0 Å². The molecule has 0 radical (unpaired) electrons. The summed E-state index contributed by atoms with van der Waals surface area (Å²) < 4.78 is 3.57. The fraction of sp³-hybridized carbons (Fsp3) is 0.333. The standard InChI is InChI=1S/C6H9N3O.ClH/c1-8-2-3-9(5-8)4-6(7)10;/h2-3,5H,4H2,1H3,(H-,7,10);1H. The van der Waals surface area contributed by atoms with Crippen molar-refractivity contribution < 1.29 is 21.8 Å². The number of rotatable bonds is 2. The van der Waals surface area contributed by atoms with Crippen molar-refractivity contribution in [3.63, 3.8) is 0 Å². The highest BCUT2D eigenvalue weighted by Crippen LogP contribution is 1.80. The van der Waals surface area contributed by atoms with Gasteiger partial charge in [0.1, 0.15) is 12.4 Å². The van der Waals surface area contributed by atoms with Crippen molar-refractivity contribution in [2.75, 3.05) is 0 Å². The maximum atomic E-state index is 10.4. The van der Waals surface area contributed by atoms with Gasteiger partial charge in [0.25, 0.3) is 5.91 Å². The average Bonchev–Trinajstić information content (AvgIpc) is 2.13. The fourth-order valence-electron chi connectivity index (χ4n) is 0.775. The molecule has 5 heteroatoms. The normalized spacial score (nSPS) is 8.82. The molecule has 0 aliphatic heterocycles. The number of carbonyl (C=O) groups excluding carboxylic acids is 1. The molecule has 0 aliphatic carbocycles. The van der Waals surface area contributed by atoms with Crippen LogP contribution in [0.5, 0.6) is 0 Å². The lowest BCUT2D eigenvalue weighted by Crippen LogP contribution is -3.00. The van der Waals surface area contributed by atoms with Gasteiger partial charge in [0.15, 0.2) is 6.54 Å². The van der Waals surface area contributed by atoms with E-state index in [2.05, 4.69) is 0 Å². The summed E-state index contributed by atoms with van der Waals surface area (Å²) in [5, 5.41) is 0. The van der Waals surface area contributed by atoms with Crippen LogP contribution in [0.2, 0.25) is 0 Å². The molecule has 1 aromatic heterocycles. The predicted molar refractivity (Wildman–Crippen MR) is 34.8 cm³/mol. The highest BCUT2D eigenvalue weighted by Gasteiger charge is 2.01. The third-order valence-electron chi connectivity index (χ3n) is 1.16. The molecule has 0 aromatic carbocycles. The zero-order valence-electron chi connectivity index (χ0n) is 6.20. The van der Waals surface area contributed by atoms with Crippen LogP contribution in [0.4, 0.5) is 0 Å². The number of nitrogens with zero attached hydrogens (tertiary/aromatic N) is 2. The molecular weight excluding hydrogens is 166 g/mol. The topological polar surface area (TPSA) is 51.9 Å². The largest absolute Gasteiger partial charge is 1.00 e. The summed E-state index contributed by atoms with van der Waals surface area (Å²) in [5.74, 6) is -0.323. The molecule has 1 heterocycles. The van der Waals surface area contributed by atoms with Crippen molar-refractivity contribution in [3.8, 4) is 0 Å². The van der Waals surface area contributed by atoms with Gasteiger partial charge in [-0.15, -0.1) is 0 Å². The Morgan fingerprint density at radius 3 is 2.73 bits per heavy atom. The Hall–Kier alpha value is -1.03. The number of imidazole rings is 1. The van der Waals surface area contributed by atoms with E-state index in [1.165, 1.54) is 0 Å². The third-order valence-corrected chi connectivity index (χ3v) is 1.16. The molecule has 0 saturated carbocycles. The van der Waals surface area contributed by atoms with Crippen molar-refractivity contribution in [3.05, 3.63) is 18.7 Å². The van der Waals surface area contributed by atoms with Gasteiger partial charge >= 0.3 is 0 Å².